The predicted octanol–water partition coefficient (Wildman–Crippen LogP) is 0.945. The zero-order valence-electron chi connectivity index (χ0n) is 9.45. The van der Waals surface area contributed by atoms with Gasteiger partial charge in [-0.2, -0.15) is 11.8 Å². The van der Waals surface area contributed by atoms with Gasteiger partial charge >= 0.3 is 5.97 Å². The zero-order valence-corrected chi connectivity index (χ0v) is 10.3. The van der Waals surface area contributed by atoms with E-state index in [0.717, 1.165) is 17.9 Å². The summed E-state index contributed by atoms with van der Waals surface area (Å²) in [6.45, 7) is 2.07. The van der Waals surface area contributed by atoms with Crippen LogP contribution in [0.1, 0.15) is 26.2 Å². The van der Waals surface area contributed by atoms with Crippen LogP contribution in [0.2, 0.25) is 0 Å². The first-order chi connectivity index (χ1) is 7.13. The van der Waals surface area contributed by atoms with Crippen LogP contribution in [0.3, 0.4) is 0 Å². The molecule has 0 aliphatic heterocycles. The number of carboxylic acids is 1. The molecular weight excluding hydrogens is 214 g/mol. The Kier molecular flexibility index (Phi) is 7.82. The molecule has 0 saturated heterocycles. The number of likely N-dealkylation sites (N-methyl/N-ethyl adjacent to an activating group) is 1. The molecule has 1 atom stereocenters. The highest BCUT2D eigenvalue weighted by atomic mass is 32.2. The van der Waals surface area contributed by atoms with Gasteiger partial charge in [0.2, 0.25) is 0 Å². The smallest absolute Gasteiger partial charge is 0.323 e. The summed E-state index contributed by atoms with van der Waals surface area (Å²) < 4.78 is 0. The van der Waals surface area contributed by atoms with Crippen LogP contribution in [-0.4, -0.2) is 46.9 Å². The SMILES string of the molecule is CCC(CCCSCCO)(NC)C(=O)O. The van der Waals surface area contributed by atoms with Crippen LogP contribution in [-0.2, 0) is 4.79 Å². The van der Waals surface area contributed by atoms with Crippen LogP contribution >= 0.6 is 11.8 Å². The number of rotatable bonds is 9. The van der Waals surface area contributed by atoms with E-state index in [1.165, 1.54) is 0 Å². The monoisotopic (exact) mass is 235 g/mol. The molecular formula is C10H21NO3S. The molecule has 0 aliphatic rings. The summed E-state index contributed by atoms with van der Waals surface area (Å²) in [4.78, 5) is 11.1. The van der Waals surface area contributed by atoms with Crippen molar-refractivity contribution in [3.05, 3.63) is 0 Å². The topological polar surface area (TPSA) is 69.6 Å². The fraction of sp³-hybridized carbons (Fsp3) is 0.900. The van der Waals surface area contributed by atoms with Crippen molar-refractivity contribution in [1.29, 1.82) is 0 Å². The number of aliphatic carboxylic acids is 1. The summed E-state index contributed by atoms with van der Waals surface area (Å²) in [5.41, 5.74) is -0.778. The van der Waals surface area contributed by atoms with Crippen LogP contribution in [0.15, 0.2) is 0 Å². The molecule has 0 aromatic heterocycles. The minimum Gasteiger partial charge on any atom is -0.480 e. The van der Waals surface area contributed by atoms with Crippen molar-refractivity contribution in [2.45, 2.75) is 31.7 Å². The van der Waals surface area contributed by atoms with Crippen molar-refractivity contribution < 1.29 is 15.0 Å². The Labute approximate surface area is 95.4 Å². The first kappa shape index (κ1) is 14.7. The van der Waals surface area contributed by atoms with E-state index in [4.69, 9.17) is 10.2 Å². The third-order valence-corrected chi connectivity index (χ3v) is 3.67. The average molecular weight is 235 g/mol. The molecule has 1 unspecified atom stereocenters. The van der Waals surface area contributed by atoms with Gasteiger partial charge in [0.05, 0.1) is 6.61 Å². The van der Waals surface area contributed by atoms with Gasteiger partial charge in [0.15, 0.2) is 0 Å². The Hall–Kier alpha value is -0.260. The number of hydrogen-bond acceptors (Lipinski definition) is 4. The third-order valence-electron chi connectivity index (χ3n) is 2.62. The Balaban J connectivity index is 3.91. The zero-order chi connectivity index (χ0) is 11.7. The molecule has 0 saturated carbocycles. The van der Waals surface area contributed by atoms with Gasteiger partial charge in [-0.3, -0.25) is 4.79 Å². The first-order valence-corrected chi connectivity index (χ1v) is 6.39. The van der Waals surface area contributed by atoms with E-state index in [-0.39, 0.29) is 6.61 Å². The summed E-state index contributed by atoms with van der Waals surface area (Å²) >= 11 is 1.66. The maximum Gasteiger partial charge on any atom is 0.323 e. The van der Waals surface area contributed by atoms with Crippen molar-refractivity contribution >= 4 is 17.7 Å². The quantitative estimate of drug-likeness (QED) is 0.519. The van der Waals surface area contributed by atoms with E-state index in [1.54, 1.807) is 18.8 Å². The van der Waals surface area contributed by atoms with Gasteiger partial charge in [0, 0.05) is 5.75 Å². The highest BCUT2D eigenvalue weighted by Crippen LogP contribution is 2.19. The number of aliphatic hydroxyl groups excluding tert-OH is 1. The van der Waals surface area contributed by atoms with Crippen molar-refractivity contribution in [2.24, 2.45) is 0 Å². The molecule has 4 nitrogen and oxygen atoms in total. The lowest BCUT2D eigenvalue weighted by Gasteiger charge is -2.27. The highest BCUT2D eigenvalue weighted by Gasteiger charge is 2.33. The average Bonchev–Trinajstić information content (AvgIpc) is 2.23. The number of thioether (sulfide) groups is 1. The molecule has 0 radical (unpaired) electrons. The number of carbonyl (C=O) groups is 1. The first-order valence-electron chi connectivity index (χ1n) is 5.24. The van der Waals surface area contributed by atoms with Gasteiger partial charge in [0.1, 0.15) is 5.54 Å². The van der Waals surface area contributed by atoms with E-state index in [9.17, 15) is 4.79 Å². The van der Waals surface area contributed by atoms with E-state index in [2.05, 4.69) is 5.32 Å². The lowest BCUT2D eigenvalue weighted by atomic mass is 9.91. The van der Waals surface area contributed by atoms with Crippen LogP contribution < -0.4 is 5.32 Å². The molecule has 0 bridgehead atoms. The van der Waals surface area contributed by atoms with Crippen molar-refractivity contribution in [2.75, 3.05) is 25.2 Å². The molecule has 0 fully saturated rings. The van der Waals surface area contributed by atoms with Crippen LogP contribution in [0.25, 0.3) is 0 Å². The van der Waals surface area contributed by atoms with E-state index in [0.29, 0.717) is 12.8 Å². The second kappa shape index (κ2) is 7.96. The molecule has 90 valence electrons. The van der Waals surface area contributed by atoms with Crippen molar-refractivity contribution in [3.63, 3.8) is 0 Å². The molecule has 0 aliphatic carbocycles. The minimum absolute atomic E-state index is 0.189. The molecule has 0 amide bonds. The minimum atomic E-state index is -0.778. The van der Waals surface area contributed by atoms with Crippen LogP contribution in [0.5, 0.6) is 0 Å². The molecule has 15 heavy (non-hydrogen) atoms. The fourth-order valence-electron chi connectivity index (χ4n) is 1.49. The molecule has 0 spiro atoms. The lowest BCUT2D eigenvalue weighted by Crippen LogP contribution is -2.49. The summed E-state index contributed by atoms with van der Waals surface area (Å²) in [5, 5.41) is 20.6. The standard InChI is InChI=1S/C10H21NO3S/c1-3-10(11-2,9(13)14)5-4-7-15-8-6-12/h11-12H,3-8H2,1-2H3,(H,13,14). The maximum atomic E-state index is 11.1. The van der Waals surface area contributed by atoms with Crippen LogP contribution in [0.4, 0.5) is 0 Å². The van der Waals surface area contributed by atoms with Crippen LogP contribution in [0, 0.1) is 0 Å². The highest BCUT2D eigenvalue weighted by molar-refractivity contribution is 7.99. The van der Waals surface area contributed by atoms with E-state index < -0.39 is 11.5 Å². The number of aliphatic hydroxyl groups is 1. The van der Waals surface area contributed by atoms with Gasteiger partial charge in [-0.1, -0.05) is 6.92 Å². The van der Waals surface area contributed by atoms with Gasteiger partial charge < -0.3 is 15.5 Å². The Morgan fingerprint density at radius 2 is 2.13 bits per heavy atom. The van der Waals surface area contributed by atoms with Gasteiger partial charge in [-0.15, -0.1) is 0 Å². The molecule has 0 aromatic carbocycles. The Bertz CT molecular complexity index is 184. The predicted molar refractivity (Wildman–Crippen MR) is 63.4 cm³/mol. The molecule has 0 aromatic rings. The Morgan fingerprint density at radius 1 is 1.47 bits per heavy atom. The molecule has 0 heterocycles. The van der Waals surface area contributed by atoms with Gasteiger partial charge in [-0.25, -0.2) is 0 Å². The second-order valence-corrected chi connectivity index (χ2v) is 4.66. The summed E-state index contributed by atoms with van der Waals surface area (Å²) in [5.74, 6) is 0.850. The number of carboxylic acid groups (broad SMARTS) is 1. The summed E-state index contributed by atoms with van der Waals surface area (Å²) in [6, 6.07) is 0. The van der Waals surface area contributed by atoms with E-state index in [1.807, 2.05) is 6.92 Å². The third kappa shape index (κ3) is 4.86. The molecule has 5 heteroatoms. The van der Waals surface area contributed by atoms with Gasteiger partial charge in [0.25, 0.3) is 0 Å². The van der Waals surface area contributed by atoms with Crippen molar-refractivity contribution in [1.82, 2.24) is 5.32 Å². The number of hydrogen-bond donors (Lipinski definition) is 3. The van der Waals surface area contributed by atoms with E-state index >= 15 is 0 Å². The molecule has 3 N–H and O–H groups in total. The summed E-state index contributed by atoms with van der Waals surface area (Å²) in [6.07, 6.45) is 2.07. The number of nitrogens with one attached hydrogen (secondary N) is 1. The largest absolute Gasteiger partial charge is 0.480 e. The maximum absolute atomic E-state index is 11.1. The fourth-order valence-corrected chi connectivity index (χ4v) is 2.17. The second-order valence-electron chi connectivity index (χ2n) is 3.43. The molecule has 0 rings (SSSR count). The lowest BCUT2D eigenvalue weighted by molar-refractivity contribution is -0.145. The normalized spacial score (nSPS) is 14.9. The Morgan fingerprint density at radius 3 is 2.53 bits per heavy atom. The summed E-state index contributed by atoms with van der Waals surface area (Å²) in [7, 11) is 1.69. The van der Waals surface area contributed by atoms with Crippen molar-refractivity contribution in [3.8, 4) is 0 Å². The van der Waals surface area contributed by atoms with Gasteiger partial charge in [-0.05, 0) is 32.1 Å².